The van der Waals surface area contributed by atoms with Crippen molar-refractivity contribution >= 4 is 62.0 Å². The van der Waals surface area contributed by atoms with E-state index in [1.807, 2.05) is 11.3 Å². The standard InChI is InChI=1S/C24H30IN2OS.HI/c1-26(2)20-14-11-19(12-15-20)13-16-23-27(18-7-5-4-6-17-25)24-21(28-3)9-8-10-22(24)29-23;/h8-16H,4-7,17-18H2,1-3H3;1H/q+1;/p-1. The van der Waals surface area contributed by atoms with Gasteiger partial charge in [-0.05, 0) is 53.2 Å². The lowest BCUT2D eigenvalue weighted by atomic mass is 10.2. The smallest absolute Gasteiger partial charge is 0.266 e. The van der Waals surface area contributed by atoms with Crippen LogP contribution in [0.2, 0.25) is 0 Å². The summed E-state index contributed by atoms with van der Waals surface area (Å²) in [5.74, 6) is 0.959. The van der Waals surface area contributed by atoms with Gasteiger partial charge in [0, 0.05) is 32.3 Å². The van der Waals surface area contributed by atoms with Crippen molar-refractivity contribution in [1.82, 2.24) is 0 Å². The van der Waals surface area contributed by atoms with Gasteiger partial charge in [0.15, 0.2) is 12.3 Å². The highest BCUT2D eigenvalue weighted by Gasteiger charge is 2.22. The molecular weight excluding hydrogens is 618 g/mol. The number of benzene rings is 2. The molecular formula is C24H30I2N2OS. The Morgan fingerprint density at radius 3 is 2.40 bits per heavy atom. The predicted octanol–water partition coefficient (Wildman–Crippen LogP) is 3.43. The number of ether oxygens (including phenoxy) is 1. The molecule has 0 N–H and O–H groups in total. The molecule has 6 heteroatoms. The first-order chi connectivity index (χ1) is 14.1. The Morgan fingerprint density at radius 1 is 1.00 bits per heavy atom. The molecule has 0 atom stereocenters. The zero-order chi connectivity index (χ0) is 20.6. The molecule has 3 rings (SSSR count). The summed E-state index contributed by atoms with van der Waals surface area (Å²) in [6, 6.07) is 15.0. The highest BCUT2D eigenvalue weighted by Crippen LogP contribution is 2.29. The fraction of sp³-hybridized carbons (Fsp3) is 0.375. The van der Waals surface area contributed by atoms with Crippen molar-refractivity contribution in [3.63, 3.8) is 0 Å². The number of nitrogens with zero attached hydrogens (tertiary/aromatic N) is 2. The van der Waals surface area contributed by atoms with E-state index in [2.05, 4.69) is 101 Å². The number of unbranched alkanes of at least 4 members (excludes halogenated alkanes) is 3. The third-order valence-electron chi connectivity index (χ3n) is 5.03. The number of fused-ring (bicyclic) bond motifs is 1. The molecule has 162 valence electrons. The Morgan fingerprint density at radius 2 is 1.73 bits per heavy atom. The minimum Gasteiger partial charge on any atom is -1.00 e. The number of thiazole rings is 1. The van der Waals surface area contributed by atoms with Gasteiger partial charge in [0.05, 0.1) is 7.11 Å². The van der Waals surface area contributed by atoms with Crippen molar-refractivity contribution < 1.29 is 33.3 Å². The molecule has 0 aliphatic heterocycles. The predicted molar refractivity (Wildman–Crippen MR) is 136 cm³/mol. The van der Waals surface area contributed by atoms with Crippen LogP contribution in [0.1, 0.15) is 36.3 Å². The summed E-state index contributed by atoms with van der Waals surface area (Å²) in [6.07, 6.45) is 9.56. The van der Waals surface area contributed by atoms with Crippen molar-refractivity contribution in [2.75, 3.05) is 30.5 Å². The number of methoxy groups -OCH3 is 1. The summed E-state index contributed by atoms with van der Waals surface area (Å²) in [4.78, 5) is 2.12. The maximum atomic E-state index is 5.68. The number of hydrogen-bond donors (Lipinski definition) is 0. The van der Waals surface area contributed by atoms with E-state index in [0.717, 1.165) is 12.3 Å². The van der Waals surface area contributed by atoms with Gasteiger partial charge in [-0.3, -0.25) is 0 Å². The van der Waals surface area contributed by atoms with Crippen molar-refractivity contribution in [1.29, 1.82) is 0 Å². The molecule has 0 unspecified atom stereocenters. The molecule has 0 aliphatic rings. The lowest BCUT2D eigenvalue weighted by Crippen LogP contribution is -3.00. The maximum Gasteiger partial charge on any atom is 0.266 e. The Bertz CT molecular complexity index is 952. The topological polar surface area (TPSA) is 16.4 Å². The van der Waals surface area contributed by atoms with Crippen LogP contribution in [0.5, 0.6) is 5.75 Å². The number of alkyl halides is 1. The second-order valence-corrected chi connectivity index (χ2v) is 9.46. The maximum absolute atomic E-state index is 5.68. The van der Waals surface area contributed by atoms with E-state index >= 15 is 0 Å². The van der Waals surface area contributed by atoms with Gasteiger partial charge in [-0.2, -0.15) is 4.57 Å². The summed E-state index contributed by atoms with van der Waals surface area (Å²) in [7, 11) is 5.90. The number of hydrogen-bond acceptors (Lipinski definition) is 3. The van der Waals surface area contributed by atoms with E-state index < -0.39 is 0 Å². The first kappa shape index (κ1) is 25.4. The van der Waals surface area contributed by atoms with Crippen LogP contribution in [0, 0.1) is 0 Å². The van der Waals surface area contributed by atoms with Crippen LogP contribution in [0.25, 0.3) is 22.4 Å². The molecule has 3 nitrogen and oxygen atoms in total. The second-order valence-electron chi connectivity index (χ2n) is 7.32. The molecule has 3 aromatic rings. The lowest BCUT2D eigenvalue weighted by molar-refractivity contribution is -0.669. The normalized spacial score (nSPS) is 11.1. The quantitative estimate of drug-likeness (QED) is 0.145. The summed E-state index contributed by atoms with van der Waals surface area (Å²) < 4.78 is 10.6. The minimum absolute atomic E-state index is 0. The van der Waals surface area contributed by atoms with Crippen molar-refractivity contribution in [3.8, 4) is 5.75 Å². The Kier molecular flexibility index (Phi) is 10.9. The van der Waals surface area contributed by atoms with Crippen molar-refractivity contribution in [3.05, 3.63) is 53.0 Å². The zero-order valence-corrected chi connectivity index (χ0v) is 23.0. The van der Waals surface area contributed by atoms with Crippen LogP contribution in [0.3, 0.4) is 0 Å². The lowest BCUT2D eigenvalue weighted by Gasteiger charge is -2.11. The van der Waals surface area contributed by atoms with Gasteiger partial charge in [0.2, 0.25) is 0 Å². The fourth-order valence-corrected chi connectivity index (χ4v) is 5.06. The van der Waals surface area contributed by atoms with Crippen LogP contribution in [-0.4, -0.2) is 25.6 Å². The second kappa shape index (κ2) is 12.9. The van der Waals surface area contributed by atoms with E-state index in [9.17, 15) is 0 Å². The molecule has 0 aliphatic carbocycles. The van der Waals surface area contributed by atoms with E-state index in [0.29, 0.717) is 0 Å². The fourth-order valence-electron chi connectivity index (χ4n) is 3.41. The monoisotopic (exact) mass is 648 g/mol. The molecule has 0 radical (unpaired) electrons. The van der Waals surface area contributed by atoms with Crippen LogP contribution in [0.4, 0.5) is 5.69 Å². The molecule has 0 bridgehead atoms. The number of rotatable bonds is 10. The van der Waals surface area contributed by atoms with Crippen molar-refractivity contribution in [2.45, 2.75) is 32.2 Å². The van der Waals surface area contributed by atoms with E-state index in [-0.39, 0.29) is 24.0 Å². The highest BCUT2D eigenvalue weighted by molar-refractivity contribution is 14.1. The minimum atomic E-state index is 0. The van der Waals surface area contributed by atoms with E-state index in [1.165, 1.54) is 56.6 Å². The number of aryl methyl sites for hydroxylation is 1. The number of aromatic nitrogens is 1. The van der Waals surface area contributed by atoms with Crippen LogP contribution in [0.15, 0.2) is 42.5 Å². The average Bonchev–Trinajstić information content (AvgIpc) is 3.10. The molecule has 0 amide bonds. The SMILES string of the molecule is COc1cccc2sc(/C=C/c3ccc(N(C)C)cc3)[n+](CCCCCCI)c12.[I-]. The van der Waals surface area contributed by atoms with Gasteiger partial charge in [-0.25, -0.2) is 0 Å². The van der Waals surface area contributed by atoms with E-state index in [4.69, 9.17) is 4.74 Å². The van der Waals surface area contributed by atoms with Gasteiger partial charge >= 0.3 is 0 Å². The van der Waals surface area contributed by atoms with Crippen LogP contribution in [-0.2, 0) is 6.54 Å². The molecule has 1 heterocycles. The average molecular weight is 648 g/mol. The number of para-hydroxylation sites is 1. The van der Waals surface area contributed by atoms with Crippen molar-refractivity contribution in [2.24, 2.45) is 0 Å². The van der Waals surface area contributed by atoms with Gasteiger partial charge in [0.25, 0.3) is 10.5 Å². The Hall–Kier alpha value is -0.870. The summed E-state index contributed by atoms with van der Waals surface area (Å²) in [5.41, 5.74) is 3.65. The Balaban J connectivity index is 0.00000320. The molecule has 1 aromatic heterocycles. The van der Waals surface area contributed by atoms with Gasteiger partial charge < -0.3 is 33.6 Å². The van der Waals surface area contributed by atoms with E-state index in [1.54, 1.807) is 7.11 Å². The van der Waals surface area contributed by atoms with Gasteiger partial charge in [0.1, 0.15) is 4.70 Å². The molecule has 0 fully saturated rings. The third-order valence-corrected chi connectivity index (χ3v) is 6.90. The molecule has 0 saturated carbocycles. The Labute approximate surface area is 215 Å². The first-order valence-electron chi connectivity index (χ1n) is 10.1. The largest absolute Gasteiger partial charge is 1.00 e. The van der Waals surface area contributed by atoms with Gasteiger partial charge in [-0.1, -0.05) is 58.5 Å². The zero-order valence-electron chi connectivity index (χ0n) is 17.9. The van der Waals surface area contributed by atoms with Crippen LogP contribution >= 0.6 is 33.9 Å². The molecule has 0 saturated heterocycles. The number of halogens is 2. The number of anilines is 1. The summed E-state index contributed by atoms with van der Waals surface area (Å²) in [6.45, 7) is 1.03. The molecule has 2 aromatic carbocycles. The molecule has 30 heavy (non-hydrogen) atoms. The van der Waals surface area contributed by atoms with Crippen LogP contribution < -0.4 is 38.2 Å². The summed E-state index contributed by atoms with van der Waals surface area (Å²) in [5, 5.41) is 1.27. The van der Waals surface area contributed by atoms with Gasteiger partial charge in [-0.15, -0.1) is 0 Å². The molecule has 0 spiro atoms. The summed E-state index contributed by atoms with van der Waals surface area (Å²) >= 11 is 4.30. The highest BCUT2D eigenvalue weighted by atomic mass is 127. The first-order valence-corrected chi connectivity index (χ1v) is 12.5. The third kappa shape index (κ3) is 6.56.